The van der Waals surface area contributed by atoms with E-state index in [1.807, 2.05) is 4.90 Å². The summed E-state index contributed by atoms with van der Waals surface area (Å²) in [6.45, 7) is 3.93. The molecule has 128 valence electrons. The second-order valence-corrected chi connectivity index (χ2v) is 6.36. The highest BCUT2D eigenvalue weighted by Gasteiger charge is 2.29. The van der Waals surface area contributed by atoms with Crippen molar-refractivity contribution in [1.29, 1.82) is 0 Å². The molecule has 0 radical (unpaired) electrons. The molecule has 23 heavy (non-hydrogen) atoms. The summed E-state index contributed by atoms with van der Waals surface area (Å²) in [5.41, 5.74) is 1.42. The van der Waals surface area contributed by atoms with Crippen LogP contribution < -0.4 is 5.32 Å². The third kappa shape index (κ3) is 5.20. The fourth-order valence-corrected chi connectivity index (χ4v) is 3.39. The van der Waals surface area contributed by atoms with Crippen LogP contribution in [0.2, 0.25) is 0 Å². The second-order valence-electron chi connectivity index (χ2n) is 6.36. The molecule has 2 aliphatic rings. The Morgan fingerprint density at radius 2 is 1.96 bits per heavy atom. The van der Waals surface area contributed by atoms with Gasteiger partial charge < -0.3 is 15.0 Å². The van der Waals surface area contributed by atoms with E-state index in [4.69, 9.17) is 4.74 Å². The van der Waals surface area contributed by atoms with Crippen molar-refractivity contribution in [3.8, 4) is 0 Å². The molecule has 2 aliphatic heterocycles. The summed E-state index contributed by atoms with van der Waals surface area (Å²) in [4.78, 5) is 14.4. The van der Waals surface area contributed by atoms with Gasteiger partial charge in [0.25, 0.3) is 5.91 Å². The number of nitrogens with zero attached hydrogens (tertiary/aromatic N) is 1. The number of carbonyl (C=O) groups excluding carboxylic acids is 1. The molecule has 4 nitrogen and oxygen atoms in total. The predicted molar refractivity (Wildman–Crippen MR) is 93.9 cm³/mol. The van der Waals surface area contributed by atoms with Crippen molar-refractivity contribution >= 4 is 18.3 Å². The lowest BCUT2D eigenvalue weighted by atomic mass is 9.90. The van der Waals surface area contributed by atoms with E-state index in [0.29, 0.717) is 13.2 Å². The number of nitrogens with one attached hydrogen (secondary N) is 1. The van der Waals surface area contributed by atoms with Gasteiger partial charge in [-0.1, -0.05) is 30.3 Å². The van der Waals surface area contributed by atoms with Gasteiger partial charge in [-0.05, 0) is 37.2 Å². The number of benzene rings is 1. The lowest BCUT2D eigenvalue weighted by molar-refractivity contribution is -0.146. The predicted octanol–water partition coefficient (Wildman–Crippen LogP) is 2.27. The molecule has 0 aliphatic carbocycles. The summed E-state index contributed by atoms with van der Waals surface area (Å²) in [5, 5.41) is 3.23. The third-order valence-electron chi connectivity index (χ3n) is 4.81. The first-order chi connectivity index (χ1) is 10.8. The van der Waals surface area contributed by atoms with Crippen LogP contribution in [0.25, 0.3) is 0 Å². The van der Waals surface area contributed by atoms with Crippen molar-refractivity contribution in [3.05, 3.63) is 35.9 Å². The zero-order chi connectivity index (χ0) is 15.2. The van der Waals surface area contributed by atoms with Crippen LogP contribution in [0.1, 0.15) is 24.8 Å². The van der Waals surface area contributed by atoms with E-state index in [0.717, 1.165) is 44.8 Å². The Kier molecular flexibility index (Phi) is 7.34. The minimum atomic E-state index is -0.269. The maximum absolute atomic E-state index is 12.4. The maximum atomic E-state index is 12.4. The van der Waals surface area contributed by atoms with Crippen molar-refractivity contribution in [2.24, 2.45) is 5.92 Å². The van der Waals surface area contributed by atoms with Crippen LogP contribution in [0.15, 0.2) is 30.3 Å². The molecule has 1 amide bonds. The molecular weight excluding hydrogens is 312 g/mol. The lowest BCUT2D eigenvalue weighted by Crippen LogP contribution is -2.51. The highest BCUT2D eigenvalue weighted by atomic mass is 35.5. The molecule has 0 saturated carbocycles. The smallest absolute Gasteiger partial charge is 0.253 e. The van der Waals surface area contributed by atoms with Gasteiger partial charge in [-0.3, -0.25) is 4.79 Å². The van der Waals surface area contributed by atoms with Gasteiger partial charge in [-0.25, -0.2) is 0 Å². The minimum Gasteiger partial charge on any atom is -0.366 e. The molecule has 2 fully saturated rings. The number of morpholine rings is 1. The number of likely N-dealkylation sites (tertiary alicyclic amines) is 1. The van der Waals surface area contributed by atoms with Gasteiger partial charge >= 0.3 is 0 Å². The Balaban J connectivity index is 0.00000192. The molecule has 2 saturated heterocycles. The quantitative estimate of drug-likeness (QED) is 0.915. The van der Waals surface area contributed by atoms with Crippen molar-refractivity contribution < 1.29 is 9.53 Å². The van der Waals surface area contributed by atoms with Gasteiger partial charge in [0.15, 0.2) is 0 Å². The largest absolute Gasteiger partial charge is 0.366 e. The minimum absolute atomic E-state index is 0. The highest BCUT2D eigenvalue weighted by molar-refractivity contribution is 5.85. The molecule has 1 atom stereocenters. The monoisotopic (exact) mass is 338 g/mol. The molecule has 5 heteroatoms. The number of rotatable bonds is 4. The molecule has 0 spiro atoms. The summed E-state index contributed by atoms with van der Waals surface area (Å²) in [5.74, 6) is 0.920. The van der Waals surface area contributed by atoms with Crippen molar-refractivity contribution in [1.82, 2.24) is 10.2 Å². The molecule has 1 unspecified atom stereocenters. The maximum Gasteiger partial charge on any atom is 0.253 e. The Morgan fingerprint density at radius 1 is 1.22 bits per heavy atom. The first-order valence-corrected chi connectivity index (χ1v) is 8.48. The Hall–Kier alpha value is -1.10. The number of halogens is 1. The van der Waals surface area contributed by atoms with Crippen molar-refractivity contribution in [3.63, 3.8) is 0 Å². The van der Waals surface area contributed by atoms with E-state index in [9.17, 15) is 4.79 Å². The summed E-state index contributed by atoms with van der Waals surface area (Å²) in [7, 11) is 0. The zero-order valence-electron chi connectivity index (χ0n) is 13.6. The topological polar surface area (TPSA) is 41.6 Å². The van der Waals surface area contributed by atoms with Gasteiger partial charge in [0.05, 0.1) is 6.61 Å². The van der Waals surface area contributed by atoms with Gasteiger partial charge in [0.2, 0.25) is 0 Å². The normalized spacial score (nSPS) is 22.4. The van der Waals surface area contributed by atoms with Crippen LogP contribution in [0.3, 0.4) is 0 Å². The summed E-state index contributed by atoms with van der Waals surface area (Å²) < 4.78 is 5.57. The number of hydrogen-bond acceptors (Lipinski definition) is 3. The van der Waals surface area contributed by atoms with Gasteiger partial charge in [0.1, 0.15) is 6.10 Å². The number of amides is 1. The second kappa shape index (κ2) is 9.26. The Morgan fingerprint density at radius 3 is 2.61 bits per heavy atom. The Labute approximate surface area is 145 Å². The highest BCUT2D eigenvalue weighted by Crippen LogP contribution is 2.23. The van der Waals surface area contributed by atoms with Crippen LogP contribution in [0.5, 0.6) is 0 Å². The number of carbonyl (C=O) groups is 1. The van der Waals surface area contributed by atoms with E-state index in [2.05, 4.69) is 35.6 Å². The molecular formula is C18H27ClN2O2. The molecule has 1 N–H and O–H groups in total. The molecule has 0 aromatic heterocycles. The molecule has 3 rings (SSSR count). The van der Waals surface area contributed by atoms with Crippen LogP contribution in [0, 0.1) is 5.92 Å². The average molecular weight is 339 g/mol. The molecule has 0 bridgehead atoms. The fourth-order valence-electron chi connectivity index (χ4n) is 3.39. The van der Waals surface area contributed by atoms with E-state index >= 15 is 0 Å². The van der Waals surface area contributed by atoms with Crippen LogP contribution in [0.4, 0.5) is 0 Å². The van der Waals surface area contributed by atoms with Crippen molar-refractivity contribution in [2.75, 3.05) is 32.8 Å². The number of ether oxygens (including phenoxy) is 1. The van der Waals surface area contributed by atoms with Crippen molar-refractivity contribution in [2.45, 2.75) is 31.8 Å². The number of hydrogen-bond donors (Lipinski definition) is 1. The zero-order valence-corrected chi connectivity index (χ0v) is 14.4. The SMILES string of the molecule is Cl.O=C(C1CNCCO1)N1CCC(CCc2ccccc2)CC1. The Bertz CT molecular complexity index is 469. The van der Waals surface area contributed by atoms with Crippen LogP contribution in [-0.2, 0) is 16.0 Å². The average Bonchev–Trinajstić information content (AvgIpc) is 2.61. The first kappa shape index (κ1) is 18.2. The van der Waals surface area contributed by atoms with Crippen LogP contribution >= 0.6 is 12.4 Å². The number of aryl methyl sites for hydroxylation is 1. The van der Waals surface area contributed by atoms with Gasteiger partial charge in [-0.2, -0.15) is 0 Å². The molecule has 1 aromatic rings. The summed E-state index contributed by atoms with van der Waals surface area (Å²) >= 11 is 0. The van der Waals surface area contributed by atoms with E-state index in [-0.39, 0.29) is 24.4 Å². The van der Waals surface area contributed by atoms with Crippen LogP contribution in [-0.4, -0.2) is 49.7 Å². The third-order valence-corrected chi connectivity index (χ3v) is 4.81. The summed E-state index contributed by atoms with van der Waals surface area (Å²) in [6, 6.07) is 10.7. The lowest BCUT2D eigenvalue weighted by Gasteiger charge is -2.35. The van der Waals surface area contributed by atoms with E-state index < -0.39 is 0 Å². The first-order valence-electron chi connectivity index (χ1n) is 8.48. The molecule has 2 heterocycles. The standard InChI is InChI=1S/C18H26N2O2.ClH/c21-18(17-14-19-10-13-22-17)20-11-8-16(9-12-20)7-6-15-4-2-1-3-5-15;/h1-5,16-17,19H,6-14H2;1H. The molecule has 1 aromatic carbocycles. The van der Waals surface area contributed by atoms with E-state index in [1.54, 1.807) is 0 Å². The van der Waals surface area contributed by atoms with Gasteiger partial charge in [0, 0.05) is 26.2 Å². The van der Waals surface area contributed by atoms with Gasteiger partial charge in [-0.15, -0.1) is 12.4 Å². The van der Waals surface area contributed by atoms with E-state index in [1.165, 1.54) is 12.0 Å². The summed E-state index contributed by atoms with van der Waals surface area (Å²) in [6.07, 6.45) is 4.36. The number of piperidine rings is 1. The fraction of sp³-hybridized carbons (Fsp3) is 0.611.